The van der Waals surface area contributed by atoms with Gasteiger partial charge in [0, 0.05) is 5.56 Å². The third-order valence-corrected chi connectivity index (χ3v) is 3.36. The van der Waals surface area contributed by atoms with Crippen molar-refractivity contribution in [3.8, 4) is 11.3 Å². The smallest absolute Gasteiger partial charge is 0.254 e. The van der Waals surface area contributed by atoms with E-state index in [4.69, 9.17) is 0 Å². The van der Waals surface area contributed by atoms with Crippen LogP contribution in [0.15, 0.2) is 27.7 Å². The summed E-state index contributed by atoms with van der Waals surface area (Å²) < 4.78 is 28.1. The molecular formula is C13H11BrF2N2O. The minimum atomic E-state index is -0.764. The highest BCUT2D eigenvalue weighted by atomic mass is 79.9. The zero-order chi connectivity index (χ0) is 14.2. The predicted octanol–water partition coefficient (Wildman–Crippen LogP) is 3.60. The van der Waals surface area contributed by atoms with Gasteiger partial charge in [-0.15, -0.1) is 0 Å². The molecule has 0 aliphatic rings. The molecule has 1 aromatic heterocycles. The maximum absolute atomic E-state index is 14.1. The first-order valence-corrected chi connectivity index (χ1v) is 6.44. The van der Waals surface area contributed by atoms with Crippen molar-refractivity contribution in [2.24, 2.45) is 0 Å². The molecule has 100 valence electrons. The molecule has 0 unspecified atom stereocenters. The number of nitrogens with zero attached hydrogens (tertiary/aromatic N) is 1. The van der Waals surface area contributed by atoms with Crippen molar-refractivity contribution in [3.05, 3.63) is 50.5 Å². The number of hydrogen-bond donors (Lipinski definition) is 1. The van der Waals surface area contributed by atoms with Gasteiger partial charge in [0.1, 0.15) is 11.6 Å². The van der Waals surface area contributed by atoms with Crippen LogP contribution >= 0.6 is 15.9 Å². The number of nitrogens with one attached hydrogen (secondary N) is 1. The molecule has 19 heavy (non-hydrogen) atoms. The van der Waals surface area contributed by atoms with E-state index in [-0.39, 0.29) is 27.2 Å². The lowest BCUT2D eigenvalue weighted by molar-refractivity contribution is 0.583. The highest BCUT2D eigenvalue weighted by molar-refractivity contribution is 9.10. The van der Waals surface area contributed by atoms with Gasteiger partial charge in [0.25, 0.3) is 5.56 Å². The van der Waals surface area contributed by atoms with E-state index in [0.717, 1.165) is 12.4 Å². The topological polar surface area (TPSA) is 45.8 Å². The SMILES string of the molecule is CC(C)c1c(-c2c(F)ccc(Br)c2F)nc[nH]c1=O. The Morgan fingerprint density at radius 2 is 2.00 bits per heavy atom. The lowest BCUT2D eigenvalue weighted by atomic mass is 9.98. The number of rotatable bonds is 2. The molecule has 2 aromatic rings. The Labute approximate surface area is 116 Å². The third-order valence-electron chi connectivity index (χ3n) is 2.75. The van der Waals surface area contributed by atoms with Gasteiger partial charge in [-0.1, -0.05) is 13.8 Å². The van der Waals surface area contributed by atoms with Gasteiger partial charge in [-0.25, -0.2) is 13.8 Å². The molecule has 1 aromatic carbocycles. The van der Waals surface area contributed by atoms with Crippen molar-refractivity contribution in [1.82, 2.24) is 9.97 Å². The molecule has 3 nitrogen and oxygen atoms in total. The van der Waals surface area contributed by atoms with Crippen molar-refractivity contribution in [3.63, 3.8) is 0 Å². The summed E-state index contributed by atoms with van der Waals surface area (Å²) in [4.78, 5) is 18.2. The molecule has 0 radical (unpaired) electrons. The Balaban J connectivity index is 2.84. The first-order chi connectivity index (χ1) is 8.93. The summed E-state index contributed by atoms with van der Waals surface area (Å²) >= 11 is 3.00. The van der Waals surface area contributed by atoms with Gasteiger partial charge in [0.2, 0.25) is 0 Å². The summed E-state index contributed by atoms with van der Waals surface area (Å²) in [6, 6.07) is 2.41. The van der Waals surface area contributed by atoms with E-state index < -0.39 is 17.2 Å². The average molecular weight is 329 g/mol. The van der Waals surface area contributed by atoms with Gasteiger partial charge in [-0.05, 0) is 34.0 Å². The molecule has 0 aliphatic carbocycles. The van der Waals surface area contributed by atoms with E-state index in [1.54, 1.807) is 13.8 Å². The molecule has 0 spiro atoms. The van der Waals surface area contributed by atoms with Crippen molar-refractivity contribution in [2.45, 2.75) is 19.8 Å². The molecule has 0 saturated heterocycles. The van der Waals surface area contributed by atoms with Crippen LogP contribution in [0, 0.1) is 11.6 Å². The Hall–Kier alpha value is -1.56. The van der Waals surface area contributed by atoms with Gasteiger partial charge < -0.3 is 4.98 Å². The fraction of sp³-hybridized carbons (Fsp3) is 0.231. The molecule has 0 saturated carbocycles. The van der Waals surface area contributed by atoms with Crippen LogP contribution in [0.5, 0.6) is 0 Å². The highest BCUT2D eigenvalue weighted by Crippen LogP contribution is 2.32. The molecule has 0 atom stereocenters. The first kappa shape index (κ1) is 13.9. The van der Waals surface area contributed by atoms with Crippen LogP contribution < -0.4 is 5.56 Å². The van der Waals surface area contributed by atoms with Gasteiger partial charge in [0.15, 0.2) is 0 Å². The Bertz CT molecular complexity index is 683. The average Bonchev–Trinajstić information content (AvgIpc) is 2.34. The van der Waals surface area contributed by atoms with E-state index in [1.807, 2.05) is 0 Å². The van der Waals surface area contributed by atoms with E-state index >= 15 is 0 Å². The highest BCUT2D eigenvalue weighted by Gasteiger charge is 2.21. The Morgan fingerprint density at radius 3 is 2.63 bits per heavy atom. The monoisotopic (exact) mass is 328 g/mol. The van der Waals surface area contributed by atoms with Gasteiger partial charge in [0.05, 0.1) is 22.1 Å². The number of aromatic nitrogens is 2. The zero-order valence-corrected chi connectivity index (χ0v) is 11.9. The summed E-state index contributed by atoms with van der Waals surface area (Å²) in [7, 11) is 0. The van der Waals surface area contributed by atoms with Crippen molar-refractivity contribution in [1.29, 1.82) is 0 Å². The van der Waals surface area contributed by atoms with E-state index in [9.17, 15) is 13.6 Å². The molecule has 0 amide bonds. The summed E-state index contributed by atoms with van der Waals surface area (Å²) in [5.41, 5.74) is -0.378. The lowest BCUT2D eigenvalue weighted by Gasteiger charge is -2.12. The second kappa shape index (κ2) is 5.21. The summed E-state index contributed by atoms with van der Waals surface area (Å²) in [5, 5.41) is 0. The fourth-order valence-corrected chi connectivity index (χ4v) is 2.22. The molecule has 1 heterocycles. The van der Waals surface area contributed by atoms with Crippen LogP contribution in [-0.2, 0) is 0 Å². The molecule has 2 rings (SSSR count). The van der Waals surface area contributed by atoms with Crippen LogP contribution in [0.4, 0.5) is 8.78 Å². The minimum absolute atomic E-state index is 0.0371. The standard InChI is InChI=1S/C13H11BrF2N2O/c1-6(2)9-12(17-5-18-13(9)19)10-8(15)4-3-7(14)11(10)16/h3-6H,1-2H3,(H,17,18,19). The number of hydrogen-bond acceptors (Lipinski definition) is 2. The first-order valence-electron chi connectivity index (χ1n) is 5.65. The number of aromatic amines is 1. The van der Waals surface area contributed by atoms with Crippen LogP contribution in [0.25, 0.3) is 11.3 Å². The molecule has 0 fully saturated rings. The maximum Gasteiger partial charge on any atom is 0.254 e. The number of H-pyrrole nitrogens is 1. The second-order valence-electron chi connectivity index (χ2n) is 4.37. The summed E-state index contributed by atoms with van der Waals surface area (Å²) in [6.07, 6.45) is 1.14. The minimum Gasteiger partial charge on any atom is -0.313 e. The van der Waals surface area contributed by atoms with Crippen LogP contribution in [-0.4, -0.2) is 9.97 Å². The maximum atomic E-state index is 14.1. The molecular weight excluding hydrogens is 318 g/mol. The molecule has 0 bridgehead atoms. The van der Waals surface area contributed by atoms with E-state index in [2.05, 4.69) is 25.9 Å². The summed E-state index contributed by atoms with van der Waals surface area (Å²) in [6.45, 7) is 3.53. The number of halogens is 3. The Morgan fingerprint density at radius 1 is 1.32 bits per heavy atom. The van der Waals surface area contributed by atoms with Crippen molar-refractivity contribution >= 4 is 15.9 Å². The van der Waals surface area contributed by atoms with E-state index in [0.29, 0.717) is 0 Å². The van der Waals surface area contributed by atoms with Crippen molar-refractivity contribution < 1.29 is 8.78 Å². The van der Waals surface area contributed by atoms with Crippen LogP contribution in [0.2, 0.25) is 0 Å². The quantitative estimate of drug-likeness (QED) is 0.856. The lowest BCUT2D eigenvalue weighted by Crippen LogP contribution is -2.17. The molecule has 0 aliphatic heterocycles. The van der Waals surface area contributed by atoms with Crippen molar-refractivity contribution in [2.75, 3.05) is 0 Å². The largest absolute Gasteiger partial charge is 0.313 e. The normalized spacial score (nSPS) is 11.1. The fourth-order valence-electron chi connectivity index (χ4n) is 1.89. The third kappa shape index (κ3) is 2.45. The van der Waals surface area contributed by atoms with Gasteiger partial charge in [-0.3, -0.25) is 4.79 Å². The molecule has 6 heteroatoms. The number of benzene rings is 1. The summed E-state index contributed by atoms with van der Waals surface area (Å²) in [5.74, 6) is -1.72. The molecule has 1 N–H and O–H groups in total. The van der Waals surface area contributed by atoms with E-state index in [1.165, 1.54) is 6.07 Å². The Kier molecular flexibility index (Phi) is 3.80. The zero-order valence-electron chi connectivity index (χ0n) is 10.3. The van der Waals surface area contributed by atoms with Gasteiger partial charge >= 0.3 is 0 Å². The van der Waals surface area contributed by atoms with Gasteiger partial charge in [-0.2, -0.15) is 0 Å². The predicted molar refractivity (Wildman–Crippen MR) is 72.0 cm³/mol. The van der Waals surface area contributed by atoms with Crippen LogP contribution in [0.1, 0.15) is 25.3 Å². The second-order valence-corrected chi connectivity index (χ2v) is 5.22. The van der Waals surface area contributed by atoms with Crippen LogP contribution in [0.3, 0.4) is 0 Å².